The lowest BCUT2D eigenvalue weighted by atomic mass is 10.2. The largest absolute Gasteiger partial charge is 0.264 e. The first-order valence-electron chi connectivity index (χ1n) is 5.81. The first-order chi connectivity index (χ1) is 8.83. The lowest BCUT2D eigenvalue weighted by Gasteiger charge is -2.01. The molecule has 0 aliphatic rings. The molecule has 90 valence electrons. The van der Waals surface area contributed by atoms with Crippen LogP contribution >= 0.6 is 11.3 Å². The van der Waals surface area contributed by atoms with E-state index in [1.54, 1.807) is 17.5 Å². The van der Waals surface area contributed by atoms with Crippen LogP contribution in [0.5, 0.6) is 0 Å². The van der Waals surface area contributed by atoms with Crippen molar-refractivity contribution in [2.75, 3.05) is 0 Å². The molecule has 0 aliphatic heterocycles. The van der Waals surface area contributed by atoms with Gasteiger partial charge in [-0.2, -0.15) is 5.10 Å². The van der Waals surface area contributed by atoms with Gasteiger partial charge in [0.2, 0.25) is 0 Å². The quantitative estimate of drug-likeness (QED) is 0.718. The molecule has 0 atom stereocenters. The summed E-state index contributed by atoms with van der Waals surface area (Å²) in [6.07, 6.45) is 1.79. The predicted octanol–water partition coefficient (Wildman–Crippen LogP) is 3.36. The fraction of sp³-hybridized carbons (Fsp3) is 0.143. The molecule has 0 amide bonds. The molecule has 0 radical (unpaired) electrons. The second-order valence-corrected chi connectivity index (χ2v) is 5.16. The zero-order chi connectivity index (χ0) is 12.4. The number of aromatic nitrogens is 3. The van der Waals surface area contributed by atoms with Gasteiger partial charge in [0.05, 0.1) is 12.2 Å². The Labute approximate surface area is 110 Å². The van der Waals surface area contributed by atoms with Crippen molar-refractivity contribution >= 4 is 11.3 Å². The van der Waals surface area contributed by atoms with Crippen LogP contribution < -0.4 is 0 Å². The SMILES string of the molecule is Cc1cc(-c2ccccn2)nn1Cc1cccs1. The van der Waals surface area contributed by atoms with Crippen LogP contribution in [0.15, 0.2) is 48.0 Å². The molecule has 0 N–H and O–H groups in total. The lowest BCUT2D eigenvalue weighted by molar-refractivity contribution is 0.674. The number of thiophene rings is 1. The highest BCUT2D eigenvalue weighted by molar-refractivity contribution is 7.09. The van der Waals surface area contributed by atoms with Gasteiger partial charge >= 0.3 is 0 Å². The summed E-state index contributed by atoms with van der Waals surface area (Å²) in [6, 6.07) is 12.2. The molecule has 3 nitrogen and oxygen atoms in total. The van der Waals surface area contributed by atoms with Crippen molar-refractivity contribution in [3.63, 3.8) is 0 Å². The summed E-state index contributed by atoms with van der Waals surface area (Å²) in [5.41, 5.74) is 3.01. The summed E-state index contributed by atoms with van der Waals surface area (Å²) in [7, 11) is 0. The summed E-state index contributed by atoms with van der Waals surface area (Å²) in [4.78, 5) is 5.64. The van der Waals surface area contributed by atoms with E-state index in [1.165, 1.54) is 4.88 Å². The number of nitrogens with zero attached hydrogens (tertiary/aromatic N) is 3. The van der Waals surface area contributed by atoms with E-state index in [1.807, 2.05) is 22.9 Å². The first kappa shape index (κ1) is 11.2. The van der Waals surface area contributed by atoms with Crippen molar-refractivity contribution in [2.45, 2.75) is 13.5 Å². The molecule has 3 rings (SSSR count). The van der Waals surface area contributed by atoms with E-state index in [0.29, 0.717) is 0 Å². The minimum absolute atomic E-state index is 0.830. The zero-order valence-electron chi connectivity index (χ0n) is 10.1. The monoisotopic (exact) mass is 255 g/mol. The molecule has 0 spiro atoms. The number of pyridine rings is 1. The Hall–Kier alpha value is -1.94. The number of aryl methyl sites for hydroxylation is 1. The van der Waals surface area contributed by atoms with Crippen LogP contribution in [0, 0.1) is 6.92 Å². The molecular weight excluding hydrogens is 242 g/mol. The molecule has 4 heteroatoms. The van der Waals surface area contributed by atoms with Crippen molar-refractivity contribution in [1.29, 1.82) is 0 Å². The third kappa shape index (κ3) is 2.19. The van der Waals surface area contributed by atoms with Crippen molar-refractivity contribution in [3.05, 3.63) is 58.5 Å². The van der Waals surface area contributed by atoms with Crippen LogP contribution in [0.4, 0.5) is 0 Å². The lowest BCUT2D eigenvalue weighted by Crippen LogP contribution is -2.02. The maximum absolute atomic E-state index is 4.62. The summed E-state index contributed by atoms with van der Waals surface area (Å²) >= 11 is 1.76. The molecule has 0 aromatic carbocycles. The fourth-order valence-corrected chi connectivity index (χ4v) is 2.55. The molecule has 0 bridgehead atoms. The van der Waals surface area contributed by atoms with E-state index >= 15 is 0 Å². The highest BCUT2D eigenvalue weighted by Crippen LogP contribution is 2.18. The zero-order valence-corrected chi connectivity index (χ0v) is 10.9. The third-order valence-electron chi connectivity index (χ3n) is 2.79. The summed E-state index contributed by atoms with van der Waals surface area (Å²) in [6.45, 7) is 2.91. The van der Waals surface area contributed by atoms with Crippen molar-refractivity contribution < 1.29 is 0 Å². The van der Waals surface area contributed by atoms with E-state index in [0.717, 1.165) is 23.6 Å². The van der Waals surface area contributed by atoms with E-state index < -0.39 is 0 Å². The Morgan fingerprint density at radius 2 is 2.11 bits per heavy atom. The highest BCUT2D eigenvalue weighted by atomic mass is 32.1. The van der Waals surface area contributed by atoms with Crippen molar-refractivity contribution in [1.82, 2.24) is 14.8 Å². The first-order valence-corrected chi connectivity index (χ1v) is 6.69. The van der Waals surface area contributed by atoms with Gasteiger partial charge < -0.3 is 0 Å². The molecule has 0 saturated heterocycles. The Morgan fingerprint density at radius 1 is 1.17 bits per heavy atom. The third-order valence-corrected chi connectivity index (χ3v) is 3.66. The maximum Gasteiger partial charge on any atom is 0.111 e. The fourth-order valence-electron chi connectivity index (χ4n) is 1.86. The molecule has 0 aliphatic carbocycles. The van der Waals surface area contributed by atoms with Crippen LogP contribution in [-0.2, 0) is 6.54 Å². The van der Waals surface area contributed by atoms with E-state index in [2.05, 4.69) is 40.6 Å². The molecule has 0 saturated carbocycles. The van der Waals surface area contributed by atoms with Gasteiger partial charge in [0.1, 0.15) is 5.69 Å². The molecule has 18 heavy (non-hydrogen) atoms. The minimum Gasteiger partial charge on any atom is -0.264 e. The smallest absolute Gasteiger partial charge is 0.111 e. The molecule has 3 aromatic rings. The molecule has 3 heterocycles. The van der Waals surface area contributed by atoms with Gasteiger partial charge in [0.25, 0.3) is 0 Å². The van der Waals surface area contributed by atoms with Crippen LogP contribution in [0.25, 0.3) is 11.4 Å². The van der Waals surface area contributed by atoms with Gasteiger partial charge in [-0.05, 0) is 36.6 Å². The maximum atomic E-state index is 4.62. The van der Waals surface area contributed by atoms with Crippen LogP contribution in [0.3, 0.4) is 0 Å². The van der Waals surface area contributed by atoms with Gasteiger partial charge in [-0.25, -0.2) is 0 Å². The van der Waals surface area contributed by atoms with E-state index in [-0.39, 0.29) is 0 Å². The Bertz CT molecular complexity index is 626. The second kappa shape index (κ2) is 4.74. The van der Waals surface area contributed by atoms with Crippen LogP contribution in [0.1, 0.15) is 10.6 Å². The van der Waals surface area contributed by atoms with Crippen molar-refractivity contribution in [3.8, 4) is 11.4 Å². The van der Waals surface area contributed by atoms with Gasteiger partial charge in [0, 0.05) is 16.8 Å². The van der Waals surface area contributed by atoms with Gasteiger partial charge in [-0.3, -0.25) is 9.67 Å². The molecule has 0 unspecified atom stereocenters. The Kier molecular flexibility index (Phi) is 2.94. The van der Waals surface area contributed by atoms with E-state index in [4.69, 9.17) is 0 Å². The molecule has 0 fully saturated rings. The van der Waals surface area contributed by atoms with E-state index in [9.17, 15) is 0 Å². The topological polar surface area (TPSA) is 30.7 Å². The highest BCUT2D eigenvalue weighted by Gasteiger charge is 2.07. The molecule has 3 aromatic heterocycles. The average Bonchev–Trinajstić information content (AvgIpc) is 3.02. The second-order valence-electron chi connectivity index (χ2n) is 4.12. The van der Waals surface area contributed by atoms with Crippen molar-refractivity contribution in [2.24, 2.45) is 0 Å². The normalized spacial score (nSPS) is 10.7. The number of hydrogen-bond acceptors (Lipinski definition) is 3. The standard InChI is InChI=1S/C14H13N3S/c1-11-9-14(13-6-2-3-7-15-13)16-17(11)10-12-5-4-8-18-12/h2-9H,10H2,1H3. The summed E-state index contributed by atoms with van der Waals surface area (Å²) < 4.78 is 2.02. The van der Waals surface area contributed by atoms with Gasteiger partial charge in [-0.15, -0.1) is 11.3 Å². The minimum atomic E-state index is 0.830. The number of hydrogen-bond donors (Lipinski definition) is 0. The van der Waals surface area contributed by atoms with Gasteiger partial charge in [0.15, 0.2) is 0 Å². The Balaban J connectivity index is 1.91. The predicted molar refractivity (Wildman–Crippen MR) is 73.6 cm³/mol. The number of rotatable bonds is 3. The average molecular weight is 255 g/mol. The summed E-state index contributed by atoms with van der Waals surface area (Å²) in [5, 5.41) is 6.71. The molecular formula is C14H13N3S. The van der Waals surface area contributed by atoms with Crippen LogP contribution in [-0.4, -0.2) is 14.8 Å². The van der Waals surface area contributed by atoms with Crippen LogP contribution in [0.2, 0.25) is 0 Å². The Morgan fingerprint density at radius 3 is 2.83 bits per heavy atom. The van der Waals surface area contributed by atoms with Gasteiger partial charge in [-0.1, -0.05) is 12.1 Å². The summed E-state index contributed by atoms with van der Waals surface area (Å²) in [5.74, 6) is 0.